The van der Waals surface area contributed by atoms with Crippen LogP contribution in [0, 0.1) is 0 Å². The van der Waals surface area contributed by atoms with E-state index in [9.17, 15) is 0 Å². The molecule has 3 aliphatic rings. The first-order chi connectivity index (χ1) is 8.95. The summed E-state index contributed by atoms with van der Waals surface area (Å²) < 4.78 is 0. The van der Waals surface area contributed by atoms with E-state index in [-0.39, 0.29) is 0 Å². The third-order valence-electron chi connectivity index (χ3n) is 5.74. The van der Waals surface area contributed by atoms with Gasteiger partial charge < -0.3 is 0 Å². The van der Waals surface area contributed by atoms with Crippen LogP contribution in [0.3, 0.4) is 0 Å². The van der Waals surface area contributed by atoms with Crippen LogP contribution in [0.4, 0.5) is 0 Å². The monoisotopic (exact) mass is 249 g/mol. The molecule has 0 aliphatic heterocycles. The second-order valence-corrected chi connectivity index (χ2v) is 6.97. The highest BCUT2D eigenvalue weighted by atomic mass is 15.2. The molecule has 0 radical (unpaired) electrons. The Balaban J connectivity index is 1.68. The van der Waals surface area contributed by atoms with Gasteiger partial charge in [0.15, 0.2) is 0 Å². The lowest BCUT2D eigenvalue weighted by molar-refractivity contribution is 0.0398. The molecule has 0 unspecified atom stereocenters. The third kappa shape index (κ3) is 2.92. The van der Waals surface area contributed by atoms with Crippen molar-refractivity contribution in [3.8, 4) is 0 Å². The van der Waals surface area contributed by atoms with Crippen molar-refractivity contribution in [1.29, 1.82) is 0 Å². The Morgan fingerprint density at radius 3 is 1.00 bits per heavy atom. The van der Waals surface area contributed by atoms with Crippen LogP contribution in [0.2, 0.25) is 0 Å². The van der Waals surface area contributed by atoms with Crippen LogP contribution in [0.1, 0.15) is 89.9 Å². The Morgan fingerprint density at radius 2 is 0.667 bits per heavy atom. The van der Waals surface area contributed by atoms with Crippen LogP contribution in [-0.4, -0.2) is 23.0 Å². The maximum atomic E-state index is 3.06. The Kier molecular flexibility index (Phi) is 4.62. The fraction of sp³-hybridized carbons (Fsp3) is 1.00. The maximum absolute atomic E-state index is 3.06. The van der Waals surface area contributed by atoms with Crippen molar-refractivity contribution >= 4 is 0 Å². The molecule has 104 valence electrons. The van der Waals surface area contributed by atoms with E-state index in [0.29, 0.717) is 0 Å². The summed E-state index contributed by atoms with van der Waals surface area (Å²) in [6.45, 7) is 0. The molecule has 0 aromatic rings. The van der Waals surface area contributed by atoms with Gasteiger partial charge in [-0.25, -0.2) is 0 Å². The van der Waals surface area contributed by atoms with E-state index in [1.54, 1.807) is 0 Å². The van der Waals surface area contributed by atoms with E-state index < -0.39 is 0 Å². The van der Waals surface area contributed by atoms with Gasteiger partial charge in [0.1, 0.15) is 0 Å². The molecule has 0 amide bonds. The summed E-state index contributed by atoms with van der Waals surface area (Å²) in [4.78, 5) is 3.06. The van der Waals surface area contributed by atoms with E-state index in [0.717, 1.165) is 18.1 Å². The summed E-state index contributed by atoms with van der Waals surface area (Å²) in [7, 11) is 0. The molecule has 18 heavy (non-hydrogen) atoms. The molecule has 0 saturated heterocycles. The highest BCUT2D eigenvalue weighted by Crippen LogP contribution is 2.36. The van der Waals surface area contributed by atoms with Crippen molar-refractivity contribution in [2.75, 3.05) is 0 Å². The lowest BCUT2D eigenvalue weighted by atomic mass is 9.87. The minimum atomic E-state index is 0.963. The van der Waals surface area contributed by atoms with E-state index in [1.165, 1.54) is 89.9 Å². The summed E-state index contributed by atoms with van der Waals surface area (Å²) in [5.41, 5.74) is 0. The first kappa shape index (κ1) is 13.0. The molecule has 3 rings (SSSR count). The van der Waals surface area contributed by atoms with E-state index in [4.69, 9.17) is 0 Å². The summed E-state index contributed by atoms with van der Waals surface area (Å²) in [6, 6.07) is 2.89. The largest absolute Gasteiger partial charge is 0.294 e. The number of nitrogens with zero attached hydrogens (tertiary/aromatic N) is 1. The number of hydrogen-bond donors (Lipinski definition) is 0. The molecule has 3 aliphatic carbocycles. The van der Waals surface area contributed by atoms with Crippen molar-refractivity contribution < 1.29 is 0 Å². The first-order valence-electron chi connectivity index (χ1n) is 8.72. The summed E-state index contributed by atoms with van der Waals surface area (Å²) in [5.74, 6) is 0. The minimum absolute atomic E-state index is 0.963. The summed E-state index contributed by atoms with van der Waals surface area (Å²) in [5, 5.41) is 0. The fourth-order valence-corrected chi connectivity index (χ4v) is 4.86. The molecule has 3 saturated carbocycles. The molecule has 0 spiro atoms. The average molecular weight is 249 g/mol. The van der Waals surface area contributed by atoms with Crippen LogP contribution in [0.5, 0.6) is 0 Å². The van der Waals surface area contributed by atoms with E-state index >= 15 is 0 Å². The van der Waals surface area contributed by atoms with Gasteiger partial charge in [-0.05, 0) is 38.5 Å². The van der Waals surface area contributed by atoms with Crippen molar-refractivity contribution in [3.63, 3.8) is 0 Å². The topological polar surface area (TPSA) is 3.24 Å². The third-order valence-corrected chi connectivity index (χ3v) is 5.74. The highest BCUT2D eigenvalue weighted by molar-refractivity contribution is 4.90. The van der Waals surface area contributed by atoms with Crippen LogP contribution in [0.25, 0.3) is 0 Å². The molecule has 1 nitrogen and oxygen atoms in total. The molecule has 3 fully saturated rings. The molecular weight excluding hydrogens is 218 g/mol. The second kappa shape index (κ2) is 6.41. The van der Waals surface area contributed by atoms with Crippen molar-refractivity contribution in [2.45, 2.75) is 108 Å². The van der Waals surface area contributed by atoms with Gasteiger partial charge >= 0.3 is 0 Å². The zero-order chi connectivity index (χ0) is 12.2. The van der Waals surface area contributed by atoms with Gasteiger partial charge in [-0.3, -0.25) is 4.90 Å². The van der Waals surface area contributed by atoms with E-state index in [2.05, 4.69) is 4.90 Å². The van der Waals surface area contributed by atoms with Gasteiger partial charge in [0.2, 0.25) is 0 Å². The Bertz CT molecular complexity index is 214. The Morgan fingerprint density at radius 1 is 0.389 bits per heavy atom. The summed E-state index contributed by atoms with van der Waals surface area (Å²) >= 11 is 0. The zero-order valence-electron chi connectivity index (χ0n) is 12.1. The van der Waals surface area contributed by atoms with Crippen LogP contribution in [-0.2, 0) is 0 Å². The Labute approximate surface area is 113 Å². The highest BCUT2D eigenvalue weighted by Gasteiger charge is 2.34. The van der Waals surface area contributed by atoms with Gasteiger partial charge in [-0.1, -0.05) is 51.4 Å². The molecule has 0 N–H and O–H groups in total. The molecular formula is C17H31N. The quantitative estimate of drug-likeness (QED) is 0.688. The van der Waals surface area contributed by atoms with Crippen LogP contribution >= 0.6 is 0 Å². The maximum Gasteiger partial charge on any atom is 0.0101 e. The minimum Gasteiger partial charge on any atom is -0.294 e. The molecule has 0 aromatic carbocycles. The van der Waals surface area contributed by atoms with Crippen molar-refractivity contribution in [2.24, 2.45) is 0 Å². The predicted molar refractivity (Wildman–Crippen MR) is 77.8 cm³/mol. The molecule has 0 aromatic heterocycles. The molecule has 0 bridgehead atoms. The molecule has 1 heteroatoms. The van der Waals surface area contributed by atoms with Crippen LogP contribution in [0.15, 0.2) is 0 Å². The van der Waals surface area contributed by atoms with E-state index in [1.807, 2.05) is 0 Å². The smallest absolute Gasteiger partial charge is 0.0101 e. The fourth-order valence-electron chi connectivity index (χ4n) is 4.86. The van der Waals surface area contributed by atoms with Gasteiger partial charge in [0, 0.05) is 18.1 Å². The Hall–Kier alpha value is -0.0400. The molecule has 0 atom stereocenters. The lowest BCUT2D eigenvalue weighted by Gasteiger charge is -2.45. The van der Waals surface area contributed by atoms with Gasteiger partial charge in [0.05, 0.1) is 0 Å². The van der Waals surface area contributed by atoms with Gasteiger partial charge in [-0.15, -0.1) is 0 Å². The van der Waals surface area contributed by atoms with Crippen LogP contribution < -0.4 is 0 Å². The van der Waals surface area contributed by atoms with Gasteiger partial charge in [-0.2, -0.15) is 0 Å². The number of hydrogen-bond acceptors (Lipinski definition) is 1. The number of rotatable bonds is 3. The van der Waals surface area contributed by atoms with Crippen molar-refractivity contribution in [1.82, 2.24) is 4.90 Å². The zero-order valence-corrected chi connectivity index (χ0v) is 12.1. The second-order valence-electron chi connectivity index (χ2n) is 6.97. The lowest BCUT2D eigenvalue weighted by Crippen LogP contribution is -2.50. The standard InChI is InChI=1S/C17H31N/c1-3-9-15(10-4-1)18(17-13-7-8-14-17)16-11-5-2-6-12-16/h15-17H,1-14H2. The summed E-state index contributed by atoms with van der Waals surface area (Å²) in [6.07, 6.45) is 21.0. The SMILES string of the molecule is C1CCC(N(C2CCCCC2)C2CCCC2)CC1. The average Bonchev–Trinajstić information content (AvgIpc) is 2.95. The normalized spacial score (nSPS) is 29.2. The first-order valence-corrected chi connectivity index (χ1v) is 8.72. The van der Waals surface area contributed by atoms with Crippen molar-refractivity contribution in [3.05, 3.63) is 0 Å². The van der Waals surface area contributed by atoms with Gasteiger partial charge in [0.25, 0.3) is 0 Å². The predicted octanol–water partition coefficient (Wildman–Crippen LogP) is 4.90. The molecule has 0 heterocycles.